The lowest BCUT2D eigenvalue weighted by Crippen LogP contribution is -2.06. The van der Waals surface area contributed by atoms with Gasteiger partial charge in [0.05, 0.1) is 15.5 Å². The van der Waals surface area contributed by atoms with Crippen LogP contribution in [0.4, 0.5) is 0 Å². The van der Waals surface area contributed by atoms with Crippen molar-refractivity contribution in [1.82, 2.24) is 10.1 Å². The minimum absolute atomic E-state index is 0.215. The predicted octanol–water partition coefficient (Wildman–Crippen LogP) is 4.25. The van der Waals surface area contributed by atoms with Crippen molar-refractivity contribution in [2.75, 3.05) is 6.26 Å². The fraction of sp³-hybridized carbons (Fsp3) is 0.167. The second kappa shape index (κ2) is 7.51. The Balaban J connectivity index is 1.78. The highest BCUT2D eigenvalue weighted by atomic mass is 79.9. The number of rotatable bonds is 4. The van der Waals surface area contributed by atoms with Gasteiger partial charge >= 0.3 is 0 Å². The van der Waals surface area contributed by atoms with Crippen LogP contribution in [0.2, 0.25) is 0 Å². The molecule has 0 bridgehead atoms. The van der Waals surface area contributed by atoms with Crippen molar-refractivity contribution < 1.29 is 13.5 Å². The molecule has 8 heteroatoms. The van der Waals surface area contributed by atoms with Crippen molar-refractivity contribution in [2.24, 2.45) is 4.36 Å². The summed E-state index contributed by atoms with van der Waals surface area (Å²) in [4.78, 5) is 16.5. The summed E-state index contributed by atoms with van der Waals surface area (Å²) < 4.78 is 22.5. The van der Waals surface area contributed by atoms with E-state index in [9.17, 15) is 9.00 Å². The summed E-state index contributed by atoms with van der Waals surface area (Å²) in [5.41, 5.74) is 1.95. The van der Waals surface area contributed by atoms with E-state index in [1.54, 1.807) is 31.2 Å². The molecule has 1 heterocycles. The zero-order chi connectivity index (χ0) is 18.7. The fourth-order valence-electron chi connectivity index (χ4n) is 2.33. The Kier molecular flexibility index (Phi) is 5.33. The van der Waals surface area contributed by atoms with E-state index in [-0.39, 0.29) is 5.75 Å². The van der Waals surface area contributed by atoms with Crippen LogP contribution in [0, 0.1) is 6.92 Å². The minimum Gasteiger partial charge on any atom is -0.339 e. The van der Waals surface area contributed by atoms with Crippen LogP contribution >= 0.6 is 15.9 Å². The SMILES string of the molecule is Cc1nc(-c2ccc(C(=O)N=S(C)(=O)Cc3ccc(Br)cc3)cc2)no1. The molecule has 3 rings (SSSR count). The minimum atomic E-state index is -2.68. The smallest absolute Gasteiger partial charge is 0.285 e. The first-order valence-electron chi connectivity index (χ1n) is 7.72. The molecule has 0 saturated carbocycles. The van der Waals surface area contributed by atoms with Gasteiger partial charge < -0.3 is 4.52 Å². The highest BCUT2D eigenvalue weighted by Crippen LogP contribution is 2.18. The monoisotopic (exact) mass is 433 g/mol. The van der Waals surface area contributed by atoms with Gasteiger partial charge in [-0.15, -0.1) is 0 Å². The molecule has 1 unspecified atom stereocenters. The van der Waals surface area contributed by atoms with Gasteiger partial charge in [0.25, 0.3) is 5.91 Å². The van der Waals surface area contributed by atoms with Crippen molar-refractivity contribution in [3.8, 4) is 11.4 Å². The lowest BCUT2D eigenvalue weighted by molar-refractivity contribution is 0.100. The fourth-order valence-corrected chi connectivity index (χ4v) is 3.92. The first-order valence-corrected chi connectivity index (χ1v) is 10.6. The number of hydrogen-bond acceptors (Lipinski definition) is 5. The molecule has 3 aromatic rings. The van der Waals surface area contributed by atoms with Crippen LogP contribution in [0.5, 0.6) is 0 Å². The van der Waals surface area contributed by atoms with Crippen LogP contribution in [0.15, 0.2) is 61.9 Å². The summed E-state index contributed by atoms with van der Waals surface area (Å²) in [6.45, 7) is 1.70. The molecule has 6 nitrogen and oxygen atoms in total. The lowest BCUT2D eigenvalue weighted by Gasteiger charge is -2.05. The Labute approximate surface area is 159 Å². The number of carbonyl (C=O) groups excluding carboxylic acids is 1. The van der Waals surface area contributed by atoms with Gasteiger partial charge in [-0.2, -0.15) is 9.35 Å². The van der Waals surface area contributed by atoms with Gasteiger partial charge in [0.15, 0.2) is 0 Å². The average molecular weight is 434 g/mol. The van der Waals surface area contributed by atoms with Gasteiger partial charge in [0, 0.05) is 28.8 Å². The molecule has 1 atom stereocenters. The highest BCUT2D eigenvalue weighted by Gasteiger charge is 2.12. The molecule has 0 spiro atoms. The Hall–Kier alpha value is -2.32. The van der Waals surface area contributed by atoms with Crippen molar-refractivity contribution in [3.05, 3.63) is 70.0 Å². The van der Waals surface area contributed by atoms with E-state index in [1.807, 2.05) is 24.3 Å². The normalized spacial score (nSPS) is 13.2. The van der Waals surface area contributed by atoms with Crippen molar-refractivity contribution in [3.63, 3.8) is 0 Å². The van der Waals surface area contributed by atoms with Crippen LogP contribution in [-0.2, 0) is 15.5 Å². The van der Waals surface area contributed by atoms with Crippen molar-refractivity contribution in [1.29, 1.82) is 0 Å². The number of halogens is 1. The first kappa shape index (κ1) is 18.5. The van der Waals surface area contributed by atoms with E-state index in [1.165, 1.54) is 6.26 Å². The third-order valence-corrected chi connectivity index (χ3v) is 5.49. The van der Waals surface area contributed by atoms with Gasteiger partial charge in [-0.05, 0) is 29.8 Å². The quantitative estimate of drug-likeness (QED) is 0.613. The van der Waals surface area contributed by atoms with Crippen LogP contribution in [0.25, 0.3) is 11.4 Å². The molecule has 134 valence electrons. The maximum Gasteiger partial charge on any atom is 0.285 e. The molecule has 2 aromatic carbocycles. The van der Waals surface area contributed by atoms with Gasteiger partial charge in [-0.3, -0.25) is 4.79 Å². The van der Waals surface area contributed by atoms with E-state index < -0.39 is 15.6 Å². The van der Waals surface area contributed by atoms with E-state index in [2.05, 4.69) is 30.4 Å². The first-order chi connectivity index (χ1) is 12.3. The molecule has 1 amide bonds. The Morgan fingerprint density at radius 2 is 1.81 bits per heavy atom. The third kappa shape index (κ3) is 4.64. The van der Waals surface area contributed by atoms with E-state index >= 15 is 0 Å². The van der Waals surface area contributed by atoms with Crippen LogP contribution < -0.4 is 0 Å². The molecule has 0 N–H and O–H groups in total. The zero-order valence-corrected chi connectivity index (χ0v) is 16.6. The van der Waals surface area contributed by atoms with Crippen molar-refractivity contribution >= 4 is 31.6 Å². The Morgan fingerprint density at radius 1 is 1.15 bits per heavy atom. The standard InChI is InChI=1S/C18H16BrN3O3S/c1-12-20-17(21-25-12)14-5-7-15(8-6-14)18(23)22-26(2,24)11-13-3-9-16(19)10-4-13/h3-10H,11H2,1-2H3. The number of amides is 1. The predicted molar refractivity (Wildman–Crippen MR) is 103 cm³/mol. The molecular formula is C18H16BrN3O3S. The Bertz CT molecular complexity index is 1050. The molecule has 1 aromatic heterocycles. The van der Waals surface area contributed by atoms with E-state index in [4.69, 9.17) is 4.52 Å². The molecule has 0 saturated heterocycles. The van der Waals surface area contributed by atoms with Crippen LogP contribution in [0.3, 0.4) is 0 Å². The molecule has 0 radical (unpaired) electrons. The average Bonchev–Trinajstić information content (AvgIpc) is 3.03. The molecule has 0 fully saturated rings. The molecule has 0 aliphatic rings. The lowest BCUT2D eigenvalue weighted by atomic mass is 10.1. The summed E-state index contributed by atoms with van der Waals surface area (Å²) in [6, 6.07) is 14.1. The van der Waals surface area contributed by atoms with Crippen LogP contribution in [-0.4, -0.2) is 26.5 Å². The summed E-state index contributed by atoms with van der Waals surface area (Å²) in [6.07, 6.45) is 1.49. The third-order valence-electron chi connectivity index (χ3n) is 3.54. The van der Waals surface area contributed by atoms with Gasteiger partial charge in [0.2, 0.25) is 11.7 Å². The largest absolute Gasteiger partial charge is 0.339 e. The van der Waals surface area contributed by atoms with E-state index in [0.29, 0.717) is 17.3 Å². The topological polar surface area (TPSA) is 85.4 Å². The van der Waals surface area contributed by atoms with E-state index in [0.717, 1.165) is 15.6 Å². The van der Waals surface area contributed by atoms with Gasteiger partial charge in [-0.1, -0.05) is 45.4 Å². The molecule has 0 aliphatic heterocycles. The number of aryl methyl sites for hydroxylation is 1. The molecular weight excluding hydrogens is 418 g/mol. The summed E-state index contributed by atoms with van der Waals surface area (Å²) in [7, 11) is -2.68. The maximum absolute atomic E-state index is 12.7. The molecule has 26 heavy (non-hydrogen) atoms. The summed E-state index contributed by atoms with van der Waals surface area (Å²) >= 11 is 3.36. The summed E-state index contributed by atoms with van der Waals surface area (Å²) in [5, 5.41) is 3.83. The van der Waals surface area contributed by atoms with Gasteiger partial charge in [-0.25, -0.2) is 4.21 Å². The number of carbonyl (C=O) groups is 1. The zero-order valence-electron chi connectivity index (χ0n) is 14.2. The molecule has 0 aliphatic carbocycles. The van der Waals surface area contributed by atoms with Crippen LogP contribution in [0.1, 0.15) is 21.8 Å². The summed E-state index contributed by atoms with van der Waals surface area (Å²) in [5.74, 6) is 0.624. The highest BCUT2D eigenvalue weighted by molar-refractivity contribution is 9.10. The number of aromatic nitrogens is 2. The number of benzene rings is 2. The second-order valence-corrected chi connectivity index (χ2v) is 9.15. The second-order valence-electron chi connectivity index (χ2n) is 5.84. The maximum atomic E-state index is 12.7. The number of nitrogens with zero attached hydrogens (tertiary/aromatic N) is 3. The Morgan fingerprint density at radius 3 is 2.38 bits per heavy atom. The van der Waals surface area contributed by atoms with Crippen molar-refractivity contribution in [2.45, 2.75) is 12.7 Å². The van der Waals surface area contributed by atoms with Gasteiger partial charge in [0.1, 0.15) is 0 Å². The number of hydrogen-bond donors (Lipinski definition) is 0.